The largest absolute Gasteiger partial charge is 0.464 e. The molecule has 0 aliphatic heterocycles. The smallest absolute Gasteiger partial charge is 0.416 e. The van der Waals surface area contributed by atoms with Crippen molar-refractivity contribution in [3.05, 3.63) is 63.0 Å². The SMILES string of the molecule is COC(=O)c1ccc(N[C@@H](C)c2cc3c(=O)[nH]c(C)nc3cc2C(F)(F)F)c(C)n1. The van der Waals surface area contributed by atoms with E-state index in [1.807, 2.05) is 0 Å². The number of methoxy groups -OCH3 is 1. The van der Waals surface area contributed by atoms with Crippen LogP contribution >= 0.6 is 0 Å². The number of nitrogens with zero attached hydrogens (tertiary/aromatic N) is 2. The zero-order valence-electron chi connectivity index (χ0n) is 16.6. The van der Waals surface area contributed by atoms with Gasteiger partial charge in [-0.3, -0.25) is 4.79 Å². The molecule has 0 aliphatic rings. The van der Waals surface area contributed by atoms with Crippen molar-refractivity contribution >= 4 is 22.6 Å². The fraction of sp³-hybridized carbons (Fsp3) is 0.300. The lowest BCUT2D eigenvalue weighted by molar-refractivity contribution is -0.138. The maximum atomic E-state index is 13.7. The van der Waals surface area contributed by atoms with Crippen molar-refractivity contribution in [2.75, 3.05) is 12.4 Å². The average Bonchev–Trinajstić information content (AvgIpc) is 2.67. The Labute approximate surface area is 169 Å². The number of benzene rings is 1. The summed E-state index contributed by atoms with van der Waals surface area (Å²) in [5.41, 5.74) is -0.594. The Balaban J connectivity index is 2.07. The second kappa shape index (κ2) is 7.77. The van der Waals surface area contributed by atoms with Gasteiger partial charge in [0.2, 0.25) is 0 Å². The predicted octanol–water partition coefficient (Wildman–Crippen LogP) is 3.91. The summed E-state index contributed by atoms with van der Waals surface area (Å²) in [6, 6.07) is 4.22. The number of aryl methyl sites for hydroxylation is 2. The quantitative estimate of drug-likeness (QED) is 0.621. The number of rotatable bonds is 4. The number of aromatic amines is 1. The molecular weight excluding hydrogens is 401 g/mol. The van der Waals surface area contributed by atoms with Crippen molar-refractivity contribution in [2.24, 2.45) is 0 Å². The highest BCUT2D eigenvalue weighted by atomic mass is 19.4. The van der Waals surface area contributed by atoms with Crippen molar-refractivity contribution in [1.82, 2.24) is 15.0 Å². The molecule has 2 heterocycles. The van der Waals surface area contributed by atoms with Gasteiger partial charge in [0, 0.05) is 6.04 Å². The lowest BCUT2D eigenvalue weighted by atomic mass is 9.98. The molecule has 0 radical (unpaired) electrons. The van der Waals surface area contributed by atoms with E-state index < -0.39 is 29.3 Å². The second-order valence-corrected chi connectivity index (χ2v) is 6.79. The number of fused-ring (bicyclic) bond motifs is 1. The summed E-state index contributed by atoms with van der Waals surface area (Å²) in [7, 11) is 1.23. The third-order valence-electron chi connectivity index (χ3n) is 4.62. The summed E-state index contributed by atoms with van der Waals surface area (Å²) in [6.45, 7) is 4.66. The minimum atomic E-state index is -4.64. The van der Waals surface area contributed by atoms with Crippen LogP contribution in [0.2, 0.25) is 0 Å². The van der Waals surface area contributed by atoms with Crippen LogP contribution in [-0.2, 0) is 10.9 Å². The van der Waals surface area contributed by atoms with Crippen LogP contribution in [0.25, 0.3) is 10.9 Å². The monoisotopic (exact) mass is 420 g/mol. The molecule has 0 unspecified atom stereocenters. The highest BCUT2D eigenvalue weighted by Gasteiger charge is 2.35. The van der Waals surface area contributed by atoms with E-state index in [4.69, 9.17) is 0 Å². The van der Waals surface area contributed by atoms with Crippen LogP contribution in [0.1, 0.15) is 46.1 Å². The molecule has 0 saturated heterocycles. The maximum Gasteiger partial charge on any atom is 0.416 e. The fourth-order valence-corrected chi connectivity index (χ4v) is 3.17. The molecule has 0 amide bonds. The first-order valence-corrected chi connectivity index (χ1v) is 8.95. The first-order chi connectivity index (χ1) is 14.0. The van der Waals surface area contributed by atoms with Gasteiger partial charge in [0.1, 0.15) is 11.5 Å². The van der Waals surface area contributed by atoms with E-state index in [0.29, 0.717) is 11.4 Å². The number of ether oxygens (including phenoxy) is 1. The number of hydrogen-bond donors (Lipinski definition) is 2. The van der Waals surface area contributed by atoms with Crippen molar-refractivity contribution in [3.8, 4) is 0 Å². The maximum absolute atomic E-state index is 13.7. The Morgan fingerprint density at radius 1 is 1.20 bits per heavy atom. The summed E-state index contributed by atoms with van der Waals surface area (Å²) in [5.74, 6) is -0.388. The van der Waals surface area contributed by atoms with Crippen LogP contribution in [0.4, 0.5) is 18.9 Å². The van der Waals surface area contributed by atoms with Crippen molar-refractivity contribution < 1.29 is 22.7 Å². The molecule has 0 spiro atoms. The number of halogens is 3. The Hall–Kier alpha value is -3.43. The van der Waals surface area contributed by atoms with Crippen LogP contribution in [-0.4, -0.2) is 28.0 Å². The summed E-state index contributed by atoms with van der Waals surface area (Å²) >= 11 is 0. The van der Waals surface area contributed by atoms with Gasteiger partial charge in [0.15, 0.2) is 0 Å². The molecule has 0 aliphatic carbocycles. The lowest BCUT2D eigenvalue weighted by Crippen LogP contribution is -2.18. The van der Waals surface area contributed by atoms with Crippen LogP contribution in [0.5, 0.6) is 0 Å². The summed E-state index contributed by atoms with van der Waals surface area (Å²) in [5, 5.41) is 3.03. The lowest BCUT2D eigenvalue weighted by Gasteiger charge is -2.22. The van der Waals surface area contributed by atoms with Gasteiger partial charge >= 0.3 is 12.1 Å². The normalized spacial score (nSPS) is 12.6. The molecule has 3 aromatic rings. The predicted molar refractivity (Wildman–Crippen MR) is 104 cm³/mol. The standard InChI is InChI=1S/C20H19F3N4O3/c1-9(24-15-5-6-16(19(29)30-4)25-10(15)2)12-7-13-17(8-14(12)20(21,22)23)26-11(3)27-18(13)28/h5-9,24H,1-4H3,(H,26,27,28)/t9-/m0/s1. The molecule has 30 heavy (non-hydrogen) atoms. The number of hydrogen-bond acceptors (Lipinski definition) is 6. The number of carbonyl (C=O) groups excluding carboxylic acids is 1. The summed E-state index contributed by atoms with van der Waals surface area (Å²) in [6.07, 6.45) is -4.64. The van der Waals surface area contributed by atoms with Crippen LogP contribution in [0.3, 0.4) is 0 Å². The number of esters is 1. The molecule has 2 N–H and O–H groups in total. The number of nitrogens with one attached hydrogen (secondary N) is 2. The minimum absolute atomic E-state index is 0.0280. The van der Waals surface area contributed by atoms with E-state index in [1.54, 1.807) is 13.8 Å². The van der Waals surface area contributed by atoms with E-state index in [9.17, 15) is 22.8 Å². The topological polar surface area (TPSA) is 97.0 Å². The van der Waals surface area contributed by atoms with Gasteiger partial charge in [-0.15, -0.1) is 0 Å². The molecule has 10 heteroatoms. The molecule has 0 bridgehead atoms. The summed E-state index contributed by atoms with van der Waals surface area (Å²) < 4.78 is 45.8. The van der Waals surface area contributed by atoms with Gasteiger partial charge in [-0.2, -0.15) is 13.2 Å². The Morgan fingerprint density at radius 3 is 2.50 bits per heavy atom. The second-order valence-electron chi connectivity index (χ2n) is 6.79. The first-order valence-electron chi connectivity index (χ1n) is 8.95. The number of aromatic nitrogens is 3. The average molecular weight is 420 g/mol. The van der Waals surface area contributed by atoms with Gasteiger partial charge in [-0.25, -0.2) is 14.8 Å². The number of alkyl halides is 3. The van der Waals surface area contributed by atoms with E-state index in [0.717, 1.165) is 6.07 Å². The van der Waals surface area contributed by atoms with E-state index >= 15 is 0 Å². The molecule has 1 aromatic carbocycles. The Kier molecular flexibility index (Phi) is 5.51. The molecule has 0 saturated carbocycles. The van der Waals surface area contributed by atoms with Gasteiger partial charge in [0.05, 0.1) is 35.0 Å². The van der Waals surface area contributed by atoms with E-state index in [-0.39, 0.29) is 28.0 Å². The molecule has 1 atom stereocenters. The third kappa shape index (κ3) is 4.12. The van der Waals surface area contributed by atoms with E-state index in [2.05, 4.69) is 25.0 Å². The molecular formula is C20H19F3N4O3. The number of H-pyrrole nitrogens is 1. The zero-order chi connectivity index (χ0) is 22.2. The number of anilines is 1. The molecule has 158 valence electrons. The van der Waals surface area contributed by atoms with Gasteiger partial charge in [0.25, 0.3) is 5.56 Å². The van der Waals surface area contributed by atoms with Gasteiger partial charge < -0.3 is 15.0 Å². The number of pyridine rings is 1. The number of carbonyl (C=O) groups is 1. The Morgan fingerprint density at radius 2 is 1.90 bits per heavy atom. The van der Waals surface area contributed by atoms with Gasteiger partial charge in [-0.05, 0) is 50.6 Å². The fourth-order valence-electron chi connectivity index (χ4n) is 3.17. The minimum Gasteiger partial charge on any atom is -0.464 e. The summed E-state index contributed by atoms with van der Waals surface area (Å²) in [4.78, 5) is 34.4. The first kappa shape index (κ1) is 21.3. The van der Waals surface area contributed by atoms with Crippen molar-refractivity contribution in [1.29, 1.82) is 0 Å². The van der Waals surface area contributed by atoms with Crippen molar-refractivity contribution in [2.45, 2.75) is 33.0 Å². The zero-order valence-corrected chi connectivity index (χ0v) is 16.6. The van der Waals surface area contributed by atoms with E-state index in [1.165, 1.54) is 32.2 Å². The molecule has 0 fully saturated rings. The van der Waals surface area contributed by atoms with Crippen LogP contribution in [0.15, 0.2) is 29.1 Å². The Bertz CT molecular complexity index is 1190. The molecule has 2 aromatic heterocycles. The van der Waals surface area contributed by atoms with Crippen molar-refractivity contribution in [3.63, 3.8) is 0 Å². The molecule has 3 rings (SSSR count). The molecule has 7 nitrogen and oxygen atoms in total. The van der Waals surface area contributed by atoms with Crippen LogP contribution in [0, 0.1) is 13.8 Å². The highest BCUT2D eigenvalue weighted by Crippen LogP contribution is 2.37. The van der Waals surface area contributed by atoms with Gasteiger partial charge in [-0.1, -0.05) is 0 Å². The highest BCUT2D eigenvalue weighted by molar-refractivity contribution is 5.87. The van der Waals surface area contributed by atoms with Crippen LogP contribution < -0.4 is 10.9 Å². The third-order valence-corrected chi connectivity index (χ3v) is 4.62.